The summed E-state index contributed by atoms with van der Waals surface area (Å²) in [5.74, 6) is -2.10. The zero-order valence-corrected chi connectivity index (χ0v) is 23.3. The fraction of sp³-hybridized carbons (Fsp3) is 0.917. The van der Waals surface area contributed by atoms with Crippen LogP contribution in [0.15, 0.2) is 0 Å². The SMILES string of the molecule is NC(CCCCNC1C(O)OC(CO)C(O)C1O)C(=O)O.NC(CCCCNC1C(O)OC(CO)C(O)C1O)C(=O)O. The summed E-state index contributed by atoms with van der Waals surface area (Å²) in [5, 5.41) is 99.3. The molecule has 18 nitrogen and oxygen atoms in total. The molecule has 0 amide bonds. The highest BCUT2D eigenvalue weighted by molar-refractivity contribution is 5.73. The quantitative estimate of drug-likeness (QED) is 0.0717. The van der Waals surface area contributed by atoms with E-state index in [0.717, 1.165) is 0 Å². The van der Waals surface area contributed by atoms with Gasteiger partial charge in [0.1, 0.15) is 48.7 Å². The number of aliphatic hydroxyl groups is 8. The van der Waals surface area contributed by atoms with Crippen LogP contribution in [0.4, 0.5) is 0 Å². The monoisotopic (exact) mass is 616 g/mol. The Morgan fingerprint density at radius 1 is 0.619 bits per heavy atom. The summed E-state index contributed by atoms with van der Waals surface area (Å²) in [6.45, 7) is -0.222. The van der Waals surface area contributed by atoms with Crippen molar-refractivity contribution >= 4 is 11.9 Å². The van der Waals surface area contributed by atoms with Crippen LogP contribution in [-0.4, -0.2) is 163 Å². The molecule has 0 aromatic rings. The van der Waals surface area contributed by atoms with E-state index in [4.69, 9.17) is 41.4 Å². The molecule has 2 aliphatic heterocycles. The second-order valence-electron chi connectivity index (χ2n) is 10.3. The molecule has 0 bridgehead atoms. The smallest absolute Gasteiger partial charge is 0.320 e. The zero-order valence-electron chi connectivity index (χ0n) is 23.3. The number of hydrogen-bond acceptors (Lipinski definition) is 16. The fourth-order valence-electron chi connectivity index (χ4n) is 4.40. The van der Waals surface area contributed by atoms with Gasteiger partial charge in [0, 0.05) is 0 Å². The van der Waals surface area contributed by atoms with Gasteiger partial charge in [-0.2, -0.15) is 0 Å². The summed E-state index contributed by atoms with van der Waals surface area (Å²) in [6, 6.07) is -3.55. The Bertz CT molecular complexity index is 723. The third-order valence-electron chi connectivity index (χ3n) is 7.08. The molecule has 12 unspecified atom stereocenters. The van der Waals surface area contributed by atoms with Crippen molar-refractivity contribution in [3.63, 3.8) is 0 Å². The lowest BCUT2D eigenvalue weighted by Crippen LogP contribution is -2.63. The Labute approximate surface area is 242 Å². The molecular formula is C24H48N4O14. The van der Waals surface area contributed by atoms with E-state index in [0.29, 0.717) is 51.6 Å². The minimum absolute atomic E-state index is 0.332. The van der Waals surface area contributed by atoms with E-state index in [1.807, 2.05) is 0 Å². The molecule has 2 heterocycles. The van der Waals surface area contributed by atoms with Gasteiger partial charge >= 0.3 is 11.9 Å². The maximum atomic E-state index is 10.5. The van der Waals surface area contributed by atoms with Gasteiger partial charge < -0.3 is 82.6 Å². The van der Waals surface area contributed by atoms with Gasteiger partial charge in [-0.15, -0.1) is 0 Å². The second-order valence-corrected chi connectivity index (χ2v) is 10.3. The summed E-state index contributed by atoms with van der Waals surface area (Å²) in [5.41, 5.74) is 10.7. The molecule has 12 atom stereocenters. The van der Waals surface area contributed by atoms with Crippen LogP contribution in [0.25, 0.3) is 0 Å². The van der Waals surface area contributed by atoms with Crippen molar-refractivity contribution in [3.05, 3.63) is 0 Å². The molecule has 0 aliphatic carbocycles. The minimum atomic E-state index is -1.35. The van der Waals surface area contributed by atoms with Crippen LogP contribution in [0.5, 0.6) is 0 Å². The topological polar surface area (TPSA) is 331 Å². The van der Waals surface area contributed by atoms with Crippen molar-refractivity contribution in [3.8, 4) is 0 Å². The molecule has 2 saturated heterocycles. The van der Waals surface area contributed by atoms with Gasteiger partial charge in [0.05, 0.1) is 25.3 Å². The van der Waals surface area contributed by atoms with Gasteiger partial charge in [-0.25, -0.2) is 0 Å². The van der Waals surface area contributed by atoms with E-state index in [2.05, 4.69) is 10.6 Å². The molecule has 16 N–H and O–H groups in total. The highest BCUT2D eigenvalue weighted by atomic mass is 16.6. The van der Waals surface area contributed by atoms with Crippen LogP contribution in [0.3, 0.4) is 0 Å². The van der Waals surface area contributed by atoms with Crippen molar-refractivity contribution in [2.45, 2.75) is 112 Å². The third kappa shape index (κ3) is 12.2. The average Bonchev–Trinajstić information content (AvgIpc) is 2.95. The Morgan fingerprint density at radius 3 is 1.24 bits per heavy atom. The molecule has 2 aliphatic rings. The van der Waals surface area contributed by atoms with E-state index in [1.54, 1.807) is 0 Å². The first-order valence-electron chi connectivity index (χ1n) is 13.8. The Kier molecular flexibility index (Phi) is 17.9. The van der Waals surface area contributed by atoms with Crippen molar-refractivity contribution in [1.82, 2.24) is 10.6 Å². The highest BCUT2D eigenvalue weighted by Gasteiger charge is 2.44. The molecule has 2 rings (SSSR count). The number of carboxylic acid groups (broad SMARTS) is 2. The summed E-state index contributed by atoms with van der Waals surface area (Å²) < 4.78 is 9.99. The van der Waals surface area contributed by atoms with Gasteiger partial charge in [0.25, 0.3) is 0 Å². The van der Waals surface area contributed by atoms with E-state index in [1.165, 1.54) is 0 Å². The predicted molar refractivity (Wildman–Crippen MR) is 142 cm³/mol. The normalized spacial score (nSPS) is 34.6. The molecule has 0 aromatic carbocycles. The average molecular weight is 617 g/mol. The van der Waals surface area contributed by atoms with Crippen LogP contribution in [0.2, 0.25) is 0 Å². The molecule has 0 spiro atoms. The zero-order chi connectivity index (χ0) is 32.0. The number of nitrogens with two attached hydrogens (primary N) is 2. The molecule has 42 heavy (non-hydrogen) atoms. The fourth-order valence-corrected chi connectivity index (χ4v) is 4.40. The molecule has 0 saturated carbocycles. The number of rotatable bonds is 16. The van der Waals surface area contributed by atoms with Crippen LogP contribution in [0.1, 0.15) is 38.5 Å². The van der Waals surface area contributed by atoms with Crippen LogP contribution in [0, 0.1) is 0 Å². The standard InChI is InChI=1S/2C12H24N2O7/c2*13-6(11(18)19)3-1-2-4-14-8-10(17)9(16)7(5-15)21-12(8)20/h2*6-10,12,14-17,20H,1-5,13H2,(H,18,19). The number of nitrogens with one attached hydrogen (secondary N) is 2. The number of unbranched alkanes of at least 4 members (excludes halogenated alkanes) is 2. The van der Waals surface area contributed by atoms with E-state index >= 15 is 0 Å². The number of aliphatic hydroxyl groups excluding tert-OH is 8. The summed E-state index contributed by atoms with van der Waals surface area (Å²) in [4.78, 5) is 21.0. The molecule has 0 aromatic heterocycles. The number of ether oxygens (including phenoxy) is 2. The molecule has 2 fully saturated rings. The third-order valence-corrected chi connectivity index (χ3v) is 7.08. The lowest BCUT2D eigenvalue weighted by Gasteiger charge is -2.40. The molecule has 248 valence electrons. The van der Waals surface area contributed by atoms with Crippen molar-refractivity contribution in [1.29, 1.82) is 0 Å². The number of carboxylic acids is 2. The lowest BCUT2D eigenvalue weighted by molar-refractivity contribution is -0.254. The largest absolute Gasteiger partial charge is 0.480 e. The second kappa shape index (κ2) is 19.6. The Balaban J connectivity index is 0.000000420. The van der Waals surface area contributed by atoms with Gasteiger partial charge in [-0.05, 0) is 38.8 Å². The highest BCUT2D eigenvalue weighted by Crippen LogP contribution is 2.21. The van der Waals surface area contributed by atoms with Crippen molar-refractivity contribution < 1.29 is 70.1 Å². The minimum Gasteiger partial charge on any atom is -0.480 e. The van der Waals surface area contributed by atoms with E-state index < -0.39 is 98.5 Å². The number of aliphatic carboxylic acids is 2. The molecule has 0 radical (unpaired) electrons. The van der Waals surface area contributed by atoms with Gasteiger partial charge in [0.15, 0.2) is 12.6 Å². The van der Waals surface area contributed by atoms with E-state index in [-0.39, 0.29) is 0 Å². The predicted octanol–water partition coefficient (Wildman–Crippen LogP) is -6.08. The van der Waals surface area contributed by atoms with Crippen LogP contribution in [-0.2, 0) is 19.1 Å². The number of hydrogen-bond donors (Lipinski definition) is 14. The first kappa shape index (κ1) is 38.4. The van der Waals surface area contributed by atoms with Crippen LogP contribution >= 0.6 is 0 Å². The van der Waals surface area contributed by atoms with Gasteiger partial charge in [-0.1, -0.05) is 12.8 Å². The van der Waals surface area contributed by atoms with Crippen molar-refractivity contribution in [2.24, 2.45) is 11.5 Å². The first-order valence-corrected chi connectivity index (χ1v) is 13.8. The molecular weight excluding hydrogens is 568 g/mol. The maximum Gasteiger partial charge on any atom is 0.320 e. The molecule has 18 heteroatoms. The van der Waals surface area contributed by atoms with Gasteiger partial charge in [-0.3, -0.25) is 9.59 Å². The summed E-state index contributed by atoms with van der Waals surface area (Å²) in [6.07, 6.45) is -6.88. The lowest BCUT2D eigenvalue weighted by atomic mass is 9.97. The maximum absolute atomic E-state index is 10.5. The van der Waals surface area contributed by atoms with Gasteiger partial charge in [0.2, 0.25) is 0 Å². The number of carbonyl (C=O) groups is 2. The van der Waals surface area contributed by atoms with Crippen LogP contribution < -0.4 is 22.1 Å². The Morgan fingerprint density at radius 2 is 0.952 bits per heavy atom. The first-order chi connectivity index (χ1) is 19.8. The summed E-state index contributed by atoms with van der Waals surface area (Å²) in [7, 11) is 0. The van der Waals surface area contributed by atoms with Crippen molar-refractivity contribution in [2.75, 3.05) is 26.3 Å². The Hall–Kier alpha value is -1.62. The summed E-state index contributed by atoms with van der Waals surface area (Å²) >= 11 is 0. The van der Waals surface area contributed by atoms with E-state index in [9.17, 15) is 40.2 Å².